The van der Waals surface area contributed by atoms with E-state index >= 15 is 0 Å². The number of nitrogen functional groups attached to an aromatic ring is 1. The molecule has 37 heavy (non-hydrogen) atoms. The Bertz CT molecular complexity index is 990. The van der Waals surface area contributed by atoms with Crippen LogP contribution >= 0.6 is 0 Å². The third-order valence-corrected chi connectivity index (χ3v) is 6.27. The van der Waals surface area contributed by atoms with Crippen molar-refractivity contribution in [3.05, 3.63) is 112 Å². The summed E-state index contributed by atoms with van der Waals surface area (Å²) in [6, 6.07) is 19.1. The summed E-state index contributed by atoms with van der Waals surface area (Å²) in [5.74, 6) is 0.891. The zero-order valence-corrected chi connectivity index (χ0v) is 28.8. The molecule has 0 radical (unpaired) electrons. The van der Waals surface area contributed by atoms with E-state index in [9.17, 15) is 0 Å². The molecule has 0 heterocycles. The zero-order chi connectivity index (χ0) is 27.5. The van der Waals surface area contributed by atoms with Gasteiger partial charge in [-0.3, -0.25) is 4.99 Å². The summed E-state index contributed by atoms with van der Waals surface area (Å²) in [4.78, 5) is 4.60. The molecule has 4 heteroatoms. The molecule has 3 unspecified atom stereocenters. The Balaban J connectivity index is 0.000000406. The second kappa shape index (κ2) is 19.7. The first kappa shape index (κ1) is 32.6. The summed E-state index contributed by atoms with van der Waals surface area (Å²) in [7, 11) is 0. The van der Waals surface area contributed by atoms with Crippen LogP contribution < -0.4 is 11.5 Å². The maximum Gasteiger partial charge on any atom is 0.0801 e. The van der Waals surface area contributed by atoms with Gasteiger partial charge in [0.1, 0.15) is 0 Å². The van der Waals surface area contributed by atoms with Gasteiger partial charge in [-0.15, -0.1) is 0 Å². The van der Waals surface area contributed by atoms with Crippen molar-refractivity contribution in [3.8, 4) is 0 Å². The summed E-state index contributed by atoms with van der Waals surface area (Å²) in [6.45, 7) is 13.8. The van der Waals surface area contributed by atoms with Gasteiger partial charge in [0.2, 0.25) is 0 Å². The van der Waals surface area contributed by atoms with Gasteiger partial charge in [-0.1, -0.05) is 93.1 Å². The van der Waals surface area contributed by atoms with Gasteiger partial charge in [0.15, 0.2) is 0 Å². The summed E-state index contributed by atoms with van der Waals surface area (Å²) in [5.41, 5.74) is 17.3. The Kier molecular flexibility index (Phi) is 17.4. The third-order valence-electron chi connectivity index (χ3n) is 6.27. The fourth-order valence-corrected chi connectivity index (χ4v) is 4.74. The van der Waals surface area contributed by atoms with Crippen molar-refractivity contribution >= 4 is 12.0 Å². The number of nitrogens with zero attached hydrogens (tertiary/aromatic N) is 1. The van der Waals surface area contributed by atoms with Crippen molar-refractivity contribution in [2.75, 3.05) is 5.73 Å². The maximum atomic E-state index is 5.64. The number of rotatable bonds is 10. The van der Waals surface area contributed by atoms with Gasteiger partial charge in [0, 0.05) is 11.6 Å². The van der Waals surface area contributed by atoms with Gasteiger partial charge >= 0.3 is 36.3 Å². The van der Waals surface area contributed by atoms with Crippen LogP contribution in [0.1, 0.15) is 69.9 Å². The Hall–Kier alpha value is -2.39. The molecule has 0 saturated carbocycles. The molecule has 3 rings (SSSR count). The minimum Gasteiger partial charge on any atom is -0.390 e. The van der Waals surface area contributed by atoms with Crippen molar-refractivity contribution < 1.29 is 26.1 Å². The van der Waals surface area contributed by atoms with Gasteiger partial charge < -0.3 is 11.5 Å². The van der Waals surface area contributed by atoms with Crippen molar-refractivity contribution in [2.24, 2.45) is 16.6 Å². The van der Waals surface area contributed by atoms with Crippen LogP contribution in [-0.4, -0.2) is 12.4 Å². The molecule has 0 spiro atoms. The smallest absolute Gasteiger partial charge is 0.0801 e. The quantitative estimate of drug-likeness (QED) is 0.0870. The van der Waals surface area contributed by atoms with E-state index in [-0.39, 0.29) is 6.04 Å². The summed E-state index contributed by atoms with van der Waals surface area (Å²) in [6.07, 6.45) is 15.1. The number of allylic oxidation sites excluding steroid dienone is 5. The molecule has 0 aromatic heterocycles. The number of anilines is 1. The van der Waals surface area contributed by atoms with E-state index in [1.807, 2.05) is 34.8 Å². The van der Waals surface area contributed by atoms with E-state index in [0.29, 0.717) is 11.8 Å². The molecule has 3 atom stereocenters. The Morgan fingerprint density at radius 2 is 1.73 bits per heavy atom. The van der Waals surface area contributed by atoms with E-state index < -0.39 is 0 Å². The molecule has 0 bridgehead atoms. The van der Waals surface area contributed by atoms with Crippen LogP contribution in [0.5, 0.6) is 0 Å². The molecule has 2 aromatic rings. The average molecular weight is 685 g/mol. The molecule has 0 aliphatic heterocycles. The number of nitrogens with two attached hydrogens (primary N) is 2. The normalized spacial score (nSPS) is 14.8. The van der Waals surface area contributed by atoms with Gasteiger partial charge in [-0.05, 0) is 73.8 Å². The minimum absolute atomic E-state index is 0.279. The fraction of sp³-hybridized carbons (Fsp3) is 0.364. The molecule has 0 amide bonds. The first-order chi connectivity index (χ1) is 17.9. The van der Waals surface area contributed by atoms with Crippen LogP contribution in [0.25, 0.3) is 0 Å². The number of hydrogen-bond donors (Lipinski definition) is 2. The van der Waals surface area contributed by atoms with E-state index in [1.54, 1.807) is 0 Å². The van der Waals surface area contributed by atoms with E-state index in [4.69, 9.17) is 11.5 Å². The van der Waals surface area contributed by atoms with Gasteiger partial charge in [-0.2, -0.15) is 0 Å². The van der Waals surface area contributed by atoms with Crippen molar-refractivity contribution in [1.29, 1.82) is 0 Å². The molecule has 1 aliphatic carbocycles. The SMILES string of the molecule is C=C(C)Cc1ccc(N)cc1.C=[CH][Hg].CCCC(C(CC)N=CN)C(C1=CCCC=C1)c1ccccc1. The van der Waals surface area contributed by atoms with Crippen molar-refractivity contribution in [2.45, 2.75) is 71.3 Å². The second-order valence-electron chi connectivity index (χ2n) is 9.46. The molecule has 3 nitrogen and oxygen atoms in total. The molecule has 0 fully saturated rings. The van der Waals surface area contributed by atoms with Gasteiger partial charge in [0.05, 0.1) is 12.4 Å². The molecule has 4 N–H and O–H groups in total. The molecule has 1 aliphatic rings. The van der Waals surface area contributed by atoms with Gasteiger partial charge in [-0.25, -0.2) is 0 Å². The summed E-state index contributed by atoms with van der Waals surface area (Å²) >= 11 is 0.830. The number of aliphatic imine (C=N–C) groups is 1. The van der Waals surface area contributed by atoms with Crippen LogP contribution in [-0.2, 0) is 32.5 Å². The van der Waals surface area contributed by atoms with Crippen LogP contribution in [0.3, 0.4) is 0 Å². The van der Waals surface area contributed by atoms with E-state index in [0.717, 1.165) is 57.5 Å². The molecule has 195 valence electrons. The molecular weight excluding hydrogens is 639 g/mol. The molecule has 2 aromatic carbocycles. The molecular formula is C33H46HgN3. The molecule has 0 saturated heterocycles. The first-order valence-electron chi connectivity index (χ1n) is 13.4. The Morgan fingerprint density at radius 3 is 2.22 bits per heavy atom. The largest absolute Gasteiger partial charge is 0.390 e. The van der Waals surface area contributed by atoms with E-state index in [1.165, 1.54) is 41.5 Å². The predicted molar refractivity (Wildman–Crippen MR) is 160 cm³/mol. The Labute approximate surface area is 242 Å². The Morgan fingerprint density at radius 1 is 1.08 bits per heavy atom. The monoisotopic (exact) mass is 686 g/mol. The van der Waals surface area contributed by atoms with Crippen LogP contribution in [0, 0.1) is 5.92 Å². The van der Waals surface area contributed by atoms with Crippen molar-refractivity contribution in [1.82, 2.24) is 0 Å². The summed E-state index contributed by atoms with van der Waals surface area (Å²) in [5, 5.41) is 0. The topological polar surface area (TPSA) is 64.4 Å². The predicted octanol–water partition coefficient (Wildman–Crippen LogP) is 8.29. The van der Waals surface area contributed by atoms with Crippen LogP contribution in [0.15, 0.2) is 106 Å². The van der Waals surface area contributed by atoms with E-state index in [2.05, 4.69) is 80.6 Å². The fourth-order valence-electron chi connectivity index (χ4n) is 4.74. The zero-order valence-electron chi connectivity index (χ0n) is 23.3. The maximum absolute atomic E-state index is 5.64. The second-order valence-corrected chi connectivity index (χ2v) is 11.7. The standard InChI is InChI=1S/C21H30N2.C10H13N.C2H3.Hg/c1-3-11-19(20(4-2)23-16-22)21(17-12-7-5-8-13-17)18-14-9-6-10-15-18;1-8(2)7-9-3-5-10(11)6-4-9;1-2;/h5,7-9,12-16,19-21H,3-4,6,10-11H2,1-2H3,(H2,22,23);3-6H,1,7,11H2,2H3;1H,2H2;. The van der Waals surface area contributed by atoms with Gasteiger partial charge in [0.25, 0.3) is 0 Å². The van der Waals surface area contributed by atoms with Crippen LogP contribution in [0.4, 0.5) is 5.69 Å². The average Bonchev–Trinajstić information content (AvgIpc) is 2.90. The number of hydrogen-bond acceptors (Lipinski definition) is 2. The minimum atomic E-state index is 0.279. The van der Waals surface area contributed by atoms with Crippen LogP contribution in [0.2, 0.25) is 0 Å². The first-order valence-corrected chi connectivity index (χ1v) is 16.6. The number of benzene rings is 2. The van der Waals surface area contributed by atoms with Crippen molar-refractivity contribution in [3.63, 3.8) is 0 Å². The third kappa shape index (κ3) is 12.6. The summed E-state index contributed by atoms with van der Waals surface area (Å²) < 4.78 is 1.94.